The first kappa shape index (κ1) is 22.9. The predicted octanol–water partition coefficient (Wildman–Crippen LogP) is 6.75. The maximum Gasteiger partial charge on any atom is 0.233 e. The average Bonchev–Trinajstić information content (AvgIpc) is 3.36. The summed E-state index contributed by atoms with van der Waals surface area (Å²) in [6.45, 7) is 2.66. The van der Waals surface area contributed by atoms with E-state index in [0.29, 0.717) is 11.6 Å². The minimum absolute atomic E-state index is 0.157. The van der Waals surface area contributed by atoms with Crippen LogP contribution in [-0.4, -0.2) is 27.3 Å². The zero-order valence-electron chi connectivity index (χ0n) is 18.4. The van der Waals surface area contributed by atoms with E-state index in [1.807, 2.05) is 59.6 Å². The van der Waals surface area contributed by atoms with Crippen molar-refractivity contribution >= 4 is 29.1 Å². The first-order chi connectivity index (χ1) is 15.5. The van der Waals surface area contributed by atoms with Crippen LogP contribution in [0, 0.1) is 0 Å². The normalized spacial score (nSPS) is 16.5. The summed E-state index contributed by atoms with van der Waals surface area (Å²) < 4.78 is 0. The van der Waals surface area contributed by atoms with Gasteiger partial charge in [-0.05, 0) is 61.6 Å². The molecule has 0 spiro atoms. The number of hydrogen-bond acceptors (Lipinski definition) is 2. The molecule has 1 atom stereocenters. The topological polar surface area (TPSA) is 49.0 Å². The average molecular weight is 470 g/mol. The fraction of sp³-hybridized carbons (Fsp3) is 0.385. The zero-order chi connectivity index (χ0) is 22.6. The highest BCUT2D eigenvalue weighted by Gasteiger charge is 2.44. The van der Waals surface area contributed by atoms with Gasteiger partial charge in [-0.25, -0.2) is 4.98 Å². The summed E-state index contributed by atoms with van der Waals surface area (Å²) in [6, 6.07) is 15.5. The van der Waals surface area contributed by atoms with Crippen LogP contribution in [0.2, 0.25) is 10.0 Å². The van der Waals surface area contributed by atoms with Gasteiger partial charge in [-0.2, -0.15) is 0 Å². The van der Waals surface area contributed by atoms with Gasteiger partial charge in [0.05, 0.1) is 11.5 Å². The predicted molar refractivity (Wildman–Crippen MR) is 130 cm³/mol. The molecule has 1 N–H and O–H groups in total. The molecular formula is C26H29Cl2N3O. The van der Waals surface area contributed by atoms with Crippen LogP contribution in [0.15, 0.2) is 60.9 Å². The Morgan fingerprint density at radius 2 is 1.66 bits per heavy atom. The molecule has 4 rings (SSSR count). The van der Waals surface area contributed by atoms with Crippen molar-refractivity contribution in [1.82, 2.24) is 14.9 Å². The fourth-order valence-corrected chi connectivity index (χ4v) is 5.10. The summed E-state index contributed by atoms with van der Waals surface area (Å²) in [5.41, 5.74) is 1.70. The van der Waals surface area contributed by atoms with E-state index in [4.69, 9.17) is 23.2 Å². The molecular weight excluding hydrogens is 441 g/mol. The number of aromatic nitrogens is 2. The van der Waals surface area contributed by atoms with E-state index < -0.39 is 5.41 Å². The number of nitrogens with zero attached hydrogens (tertiary/aromatic N) is 2. The Kier molecular flexibility index (Phi) is 7.22. The summed E-state index contributed by atoms with van der Waals surface area (Å²) in [6.07, 6.45) is 9.28. The molecule has 168 valence electrons. The molecule has 0 radical (unpaired) electrons. The van der Waals surface area contributed by atoms with E-state index in [1.54, 1.807) is 6.20 Å². The lowest BCUT2D eigenvalue weighted by Gasteiger charge is -2.42. The van der Waals surface area contributed by atoms with Gasteiger partial charge in [0.1, 0.15) is 5.82 Å². The Hall–Kier alpha value is -2.30. The monoisotopic (exact) mass is 469 g/mol. The highest BCUT2D eigenvalue weighted by Crippen LogP contribution is 2.42. The highest BCUT2D eigenvalue weighted by molar-refractivity contribution is 6.30. The number of imidazole rings is 1. The van der Waals surface area contributed by atoms with Gasteiger partial charge in [0.25, 0.3) is 0 Å². The van der Waals surface area contributed by atoms with Crippen molar-refractivity contribution in [3.8, 4) is 0 Å². The molecule has 0 saturated heterocycles. The third-order valence-electron chi connectivity index (χ3n) is 6.71. The lowest BCUT2D eigenvalue weighted by atomic mass is 9.68. The van der Waals surface area contributed by atoms with Crippen molar-refractivity contribution in [2.75, 3.05) is 6.54 Å². The minimum Gasteiger partial charge on any atom is -0.347 e. The SMILES string of the molecule is CC(c1ncc[nH]1)N(CCc1ccc(Cl)cc1)C(=O)C1(c2ccc(Cl)cc2)CCCCC1. The van der Waals surface area contributed by atoms with Crippen LogP contribution in [0.25, 0.3) is 0 Å². The van der Waals surface area contributed by atoms with Crippen LogP contribution in [0.5, 0.6) is 0 Å². The molecule has 6 heteroatoms. The number of nitrogens with one attached hydrogen (secondary N) is 1. The van der Waals surface area contributed by atoms with E-state index in [9.17, 15) is 4.79 Å². The Labute approximate surface area is 200 Å². The van der Waals surface area contributed by atoms with Crippen LogP contribution >= 0.6 is 23.2 Å². The molecule has 32 heavy (non-hydrogen) atoms. The number of halogens is 2. The number of rotatable bonds is 7. The number of aromatic amines is 1. The first-order valence-corrected chi connectivity index (χ1v) is 12.1. The highest BCUT2D eigenvalue weighted by atomic mass is 35.5. The Morgan fingerprint density at radius 3 is 2.25 bits per heavy atom. The molecule has 1 saturated carbocycles. The van der Waals surface area contributed by atoms with E-state index in [0.717, 1.165) is 54.1 Å². The van der Waals surface area contributed by atoms with Gasteiger partial charge >= 0.3 is 0 Å². The summed E-state index contributed by atoms with van der Waals surface area (Å²) in [5.74, 6) is 0.980. The molecule has 2 aromatic carbocycles. The number of amides is 1. The number of benzene rings is 2. The molecule has 1 amide bonds. The van der Waals surface area contributed by atoms with Gasteiger partial charge in [0.2, 0.25) is 5.91 Å². The molecule has 1 aromatic heterocycles. The van der Waals surface area contributed by atoms with Crippen LogP contribution in [-0.2, 0) is 16.6 Å². The molecule has 1 heterocycles. The summed E-state index contributed by atoms with van der Waals surface area (Å²) >= 11 is 12.2. The van der Waals surface area contributed by atoms with Crippen LogP contribution in [0.3, 0.4) is 0 Å². The fourth-order valence-electron chi connectivity index (χ4n) is 4.85. The lowest BCUT2D eigenvalue weighted by Crippen LogP contribution is -2.49. The van der Waals surface area contributed by atoms with Crippen molar-refractivity contribution in [2.24, 2.45) is 0 Å². The molecule has 1 aliphatic carbocycles. The summed E-state index contributed by atoms with van der Waals surface area (Å²) in [4.78, 5) is 24.0. The van der Waals surface area contributed by atoms with Crippen molar-refractivity contribution in [3.05, 3.63) is 87.9 Å². The first-order valence-electron chi connectivity index (χ1n) is 11.3. The van der Waals surface area contributed by atoms with Crippen molar-refractivity contribution < 1.29 is 4.79 Å². The molecule has 3 aromatic rings. The molecule has 1 unspecified atom stereocenters. The van der Waals surface area contributed by atoms with Gasteiger partial charge in [0.15, 0.2) is 0 Å². The second kappa shape index (κ2) is 10.1. The van der Waals surface area contributed by atoms with Gasteiger partial charge < -0.3 is 9.88 Å². The molecule has 0 bridgehead atoms. The van der Waals surface area contributed by atoms with Crippen LogP contribution in [0.1, 0.15) is 62.0 Å². The summed E-state index contributed by atoms with van der Waals surface area (Å²) in [5, 5.41) is 1.41. The molecule has 4 nitrogen and oxygen atoms in total. The molecule has 1 aliphatic rings. The van der Waals surface area contributed by atoms with Crippen molar-refractivity contribution in [2.45, 2.75) is 56.9 Å². The number of carbonyl (C=O) groups excluding carboxylic acids is 1. The lowest BCUT2D eigenvalue weighted by molar-refractivity contribution is -0.141. The molecule has 1 fully saturated rings. The van der Waals surface area contributed by atoms with E-state index in [1.165, 1.54) is 6.42 Å². The maximum atomic E-state index is 14.3. The van der Waals surface area contributed by atoms with E-state index in [-0.39, 0.29) is 11.9 Å². The van der Waals surface area contributed by atoms with Gasteiger partial charge in [0, 0.05) is 29.0 Å². The number of carbonyl (C=O) groups is 1. The smallest absolute Gasteiger partial charge is 0.233 e. The molecule has 0 aliphatic heterocycles. The largest absolute Gasteiger partial charge is 0.347 e. The summed E-state index contributed by atoms with van der Waals surface area (Å²) in [7, 11) is 0. The van der Waals surface area contributed by atoms with E-state index in [2.05, 4.69) is 16.9 Å². The standard InChI is InChI=1S/C26H29Cl2N3O/c1-19(24-29-16-17-30-24)31(18-13-20-5-9-22(27)10-6-20)25(32)26(14-3-2-4-15-26)21-7-11-23(28)12-8-21/h5-12,16-17,19H,2-4,13-15,18H2,1H3,(H,29,30). The second-order valence-electron chi connectivity index (χ2n) is 8.68. The van der Waals surface area contributed by atoms with Gasteiger partial charge in [-0.3, -0.25) is 4.79 Å². The van der Waals surface area contributed by atoms with Gasteiger partial charge in [-0.15, -0.1) is 0 Å². The van der Waals surface area contributed by atoms with Gasteiger partial charge in [-0.1, -0.05) is 66.7 Å². The maximum absolute atomic E-state index is 14.3. The second-order valence-corrected chi connectivity index (χ2v) is 9.55. The quantitative estimate of drug-likeness (QED) is 0.415. The Balaban J connectivity index is 1.67. The zero-order valence-corrected chi connectivity index (χ0v) is 19.9. The van der Waals surface area contributed by atoms with Crippen molar-refractivity contribution in [3.63, 3.8) is 0 Å². The number of H-pyrrole nitrogens is 1. The van der Waals surface area contributed by atoms with E-state index >= 15 is 0 Å². The van der Waals surface area contributed by atoms with Crippen LogP contribution < -0.4 is 0 Å². The van der Waals surface area contributed by atoms with Crippen LogP contribution in [0.4, 0.5) is 0 Å². The van der Waals surface area contributed by atoms with Crippen molar-refractivity contribution in [1.29, 1.82) is 0 Å². The Morgan fingerprint density at radius 1 is 1.03 bits per heavy atom. The number of hydrogen-bond donors (Lipinski definition) is 1. The Bertz CT molecular complexity index is 1010. The third kappa shape index (κ3) is 4.87. The minimum atomic E-state index is -0.524. The third-order valence-corrected chi connectivity index (χ3v) is 7.22.